The maximum atomic E-state index is 12.1. The predicted octanol–water partition coefficient (Wildman–Crippen LogP) is 1.75. The number of hydrogen-bond acceptors (Lipinski definition) is 5. The van der Waals surface area contributed by atoms with Crippen molar-refractivity contribution in [1.29, 1.82) is 0 Å². The highest BCUT2D eigenvalue weighted by molar-refractivity contribution is 5.76. The van der Waals surface area contributed by atoms with Crippen molar-refractivity contribution in [2.75, 3.05) is 20.2 Å². The van der Waals surface area contributed by atoms with Gasteiger partial charge in [-0.05, 0) is 53.1 Å². The van der Waals surface area contributed by atoms with E-state index in [1.807, 2.05) is 20.8 Å². The minimum absolute atomic E-state index is 0.150. The van der Waals surface area contributed by atoms with Gasteiger partial charge in [0.2, 0.25) is 0 Å². The van der Waals surface area contributed by atoms with Crippen LogP contribution in [-0.2, 0) is 19.1 Å². The number of likely N-dealkylation sites (tertiary alicyclic amines) is 1. The van der Waals surface area contributed by atoms with Crippen molar-refractivity contribution in [3.8, 4) is 0 Å². The first-order valence-corrected chi connectivity index (χ1v) is 6.87. The minimum Gasteiger partial charge on any atom is -0.469 e. The Morgan fingerprint density at radius 1 is 1.32 bits per heavy atom. The van der Waals surface area contributed by atoms with Gasteiger partial charge in [0.15, 0.2) is 0 Å². The largest absolute Gasteiger partial charge is 0.469 e. The third-order valence-electron chi connectivity index (χ3n) is 3.10. The number of rotatable bonds is 5. The second kappa shape index (κ2) is 6.89. The molecule has 0 N–H and O–H groups in total. The number of ether oxygens (including phenoxy) is 2. The van der Waals surface area contributed by atoms with E-state index in [2.05, 4.69) is 9.64 Å². The standard InChI is InChI=1S/C14H25NO4/c1-14(2,3)19-13(17)11-7-5-9-15(11)10-6-8-12(16)18-4/h11H,5-10H2,1-4H3/t11-/m1/s1. The second-order valence-electron chi connectivity index (χ2n) is 5.91. The van der Waals surface area contributed by atoms with Crippen LogP contribution in [0.1, 0.15) is 46.5 Å². The highest BCUT2D eigenvalue weighted by atomic mass is 16.6. The van der Waals surface area contributed by atoms with Gasteiger partial charge in [0.05, 0.1) is 7.11 Å². The minimum atomic E-state index is -0.447. The Balaban J connectivity index is 2.41. The van der Waals surface area contributed by atoms with Gasteiger partial charge in [-0.3, -0.25) is 14.5 Å². The molecule has 0 amide bonds. The monoisotopic (exact) mass is 271 g/mol. The molecule has 110 valence electrons. The molecule has 0 aromatic heterocycles. The fraction of sp³-hybridized carbons (Fsp3) is 0.857. The van der Waals surface area contributed by atoms with E-state index in [0.717, 1.165) is 25.9 Å². The van der Waals surface area contributed by atoms with Gasteiger partial charge in [-0.1, -0.05) is 0 Å². The van der Waals surface area contributed by atoms with Gasteiger partial charge in [-0.15, -0.1) is 0 Å². The fourth-order valence-corrected chi connectivity index (χ4v) is 2.26. The lowest BCUT2D eigenvalue weighted by molar-refractivity contribution is -0.160. The lowest BCUT2D eigenvalue weighted by Gasteiger charge is -2.27. The van der Waals surface area contributed by atoms with Crippen molar-refractivity contribution in [3.05, 3.63) is 0 Å². The summed E-state index contributed by atoms with van der Waals surface area (Å²) in [5, 5.41) is 0. The first kappa shape index (κ1) is 16.0. The molecule has 1 fully saturated rings. The zero-order valence-corrected chi connectivity index (χ0v) is 12.4. The van der Waals surface area contributed by atoms with Gasteiger partial charge in [0.25, 0.3) is 0 Å². The summed E-state index contributed by atoms with van der Waals surface area (Å²) in [6.45, 7) is 7.26. The number of esters is 2. The van der Waals surface area contributed by atoms with Gasteiger partial charge >= 0.3 is 11.9 Å². The Hall–Kier alpha value is -1.10. The summed E-state index contributed by atoms with van der Waals surface area (Å²) in [5.74, 6) is -0.351. The molecule has 1 heterocycles. The molecule has 19 heavy (non-hydrogen) atoms. The van der Waals surface area contributed by atoms with E-state index in [1.54, 1.807) is 0 Å². The van der Waals surface area contributed by atoms with Crippen LogP contribution < -0.4 is 0 Å². The molecule has 0 aromatic carbocycles. The van der Waals surface area contributed by atoms with Crippen molar-refractivity contribution in [1.82, 2.24) is 4.90 Å². The average molecular weight is 271 g/mol. The molecule has 0 bridgehead atoms. The van der Waals surface area contributed by atoms with Crippen molar-refractivity contribution in [3.63, 3.8) is 0 Å². The summed E-state index contributed by atoms with van der Waals surface area (Å²) >= 11 is 0. The third-order valence-corrected chi connectivity index (χ3v) is 3.10. The van der Waals surface area contributed by atoms with Crippen LogP contribution in [0.15, 0.2) is 0 Å². The van der Waals surface area contributed by atoms with E-state index >= 15 is 0 Å². The average Bonchev–Trinajstić information content (AvgIpc) is 2.75. The maximum absolute atomic E-state index is 12.1. The van der Waals surface area contributed by atoms with Gasteiger partial charge < -0.3 is 9.47 Å². The molecule has 0 saturated carbocycles. The van der Waals surface area contributed by atoms with Gasteiger partial charge in [0, 0.05) is 6.42 Å². The number of carbonyl (C=O) groups is 2. The lowest BCUT2D eigenvalue weighted by Crippen LogP contribution is -2.41. The molecule has 5 heteroatoms. The zero-order valence-electron chi connectivity index (χ0n) is 12.4. The summed E-state index contributed by atoms with van der Waals surface area (Å²) in [4.78, 5) is 25.2. The molecule has 0 spiro atoms. The normalized spacial score (nSPS) is 20.3. The van der Waals surface area contributed by atoms with E-state index < -0.39 is 5.60 Å². The first-order valence-electron chi connectivity index (χ1n) is 6.87. The second-order valence-corrected chi connectivity index (χ2v) is 5.91. The number of nitrogens with zero attached hydrogens (tertiary/aromatic N) is 1. The first-order chi connectivity index (χ1) is 8.83. The molecule has 0 aromatic rings. The molecular formula is C14H25NO4. The Labute approximate surface area is 115 Å². The summed E-state index contributed by atoms with van der Waals surface area (Å²) in [6, 6.07) is -0.156. The zero-order chi connectivity index (χ0) is 14.5. The molecule has 0 aliphatic carbocycles. The third kappa shape index (κ3) is 5.59. The van der Waals surface area contributed by atoms with Crippen LogP contribution in [-0.4, -0.2) is 48.7 Å². The Morgan fingerprint density at radius 2 is 2.00 bits per heavy atom. The summed E-state index contributed by atoms with van der Waals surface area (Å²) in [5.41, 5.74) is -0.447. The van der Waals surface area contributed by atoms with Gasteiger partial charge in [0.1, 0.15) is 11.6 Å². The molecule has 1 aliphatic rings. The molecule has 1 saturated heterocycles. The van der Waals surface area contributed by atoms with E-state index in [9.17, 15) is 9.59 Å². The van der Waals surface area contributed by atoms with E-state index in [-0.39, 0.29) is 18.0 Å². The van der Waals surface area contributed by atoms with Crippen molar-refractivity contribution in [2.45, 2.75) is 58.1 Å². The summed E-state index contributed by atoms with van der Waals surface area (Å²) in [6.07, 6.45) is 2.95. The van der Waals surface area contributed by atoms with Crippen LogP contribution in [0.3, 0.4) is 0 Å². The molecule has 0 radical (unpaired) electrons. The van der Waals surface area contributed by atoms with Crippen LogP contribution in [0.2, 0.25) is 0 Å². The topological polar surface area (TPSA) is 55.8 Å². The van der Waals surface area contributed by atoms with E-state index in [4.69, 9.17) is 4.74 Å². The SMILES string of the molecule is COC(=O)CCCN1CCC[C@@H]1C(=O)OC(C)(C)C. The van der Waals surface area contributed by atoms with Gasteiger partial charge in [-0.2, -0.15) is 0 Å². The lowest BCUT2D eigenvalue weighted by atomic mass is 10.1. The Bertz CT molecular complexity index is 322. The summed E-state index contributed by atoms with van der Waals surface area (Å²) < 4.78 is 10.0. The summed E-state index contributed by atoms with van der Waals surface area (Å²) in [7, 11) is 1.39. The quantitative estimate of drug-likeness (QED) is 0.713. The Morgan fingerprint density at radius 3 is 2.58 bits per heavy atom. The van der Waals surface area contributed by atoms with Crippen molar-refractivity contribution < 1.29 is 19.1 Å². The molecule has 5 nitrogen and oxygen atoms in total. The van der Waals surface area contributed by atoms with Crippen molar-refractivity contribution in [2.24, 2.45) is 0 Å². The highest BCUT2D eigenvalue weighted by Crippen LogP contribution is 2.21. The molecular weight excluding hydrogens is 246 g/mol. The number of hydrogen-bond donors (Lipinski definition) is 0. The predicted molar refractivity (Wildman–Crippen MR) is 71.7 cm³/mol. The van der Waals surface area contributed by atoms with E-state index in [1.165, 1.54) is 7.11 Å². The maximum Gasteiger partial charge on any atom is 0.323 e. The van der Waals surface area contributed by atoms with Crippen LogP contribution in [0.25, 0.3) is 0 Å². The van der Waals surface area contributed by atoms with Crippen molar-refractivity contribution >= 4 is 11.9 Å². The number of methoxy groups -OCH3 is 1. The molecule has 0 unspecified atom stereocenters. The molecule has 1 rings (SSSR count). The molecule has 1 atom stereocenters. The smallest absolute Gasteiger partial charge is 0.323 e. The number of carbonyl (C=O) groups excluding carboxylic acids is 2. The van der Waals surface area contributed by atoms with Crippen LogP contribution in [0.4, 0.5) is 0 Å². The van der Waals surface area contributed by atoms with Crippen LogP contribution in [0, 0.1) is 0 Å². The fourth-order valence-electron chi connectivity index (χ4n) is 2.26. The highest BCUT2D eigenvalue weighted by Gasteiger charge is 2.33. The van der Waals surface area contributed by atoms with E-state index in [0.29, 0.717) is 12.8 Å². The van der Waals surface area contributed by atoms with Crippen LogP contribution in [0.5, 0.6) is 0 Å². The van der Waals surface area contributed by atoms with Crippen LogP contribution >= 0.6 is 0 Å². The Kier molecular flexibility index (Phi) is 5.79. The van der Waals surface area contributed by atoms with Gasteiger partial charge in [-0.25, -0.2) is 0 Å². The molecule has 1 aliphatic heterocycles.